The summed E-state index contributed by atoms with van der Waals surface area (Å²) in [6, 6.07) is 14.9. The lowest BCUT2D eigenvalue weighted by Gasteiger charge is -2.09. The van der Waals surface area contributed by atoms with Gasteiger partial charge < -0.3 is 9.67 Å². The summed E-state index contributed by atoms with van der Waals surface area (Å²) in [7, 11) is 0. The first-order valence-electron chi connectivity index (χ1n) is 6.32. The molecule has 1 heterocycles. The molecular formula is C16H17NO. The minimum Gasteiger partial charge on any atom is -0.392 e. The minimum absolute atomic E-state index is 0.343. The molecule has 0 amide bonds. The van der Waals surface area contributed by atoms with E-state index >= 15 is 0 Å². The third-order valence-corrected chi connectivity index (χ3v) is 3.38. The van der Waals surface area contributed by atoms with E-state index in [1.54, 1.807) is 0 Å². The molecule has 2 heteroatoms. The van der Waals surface area contributed by atoms with Gasteiger partial charge in [0.05, 0.1) is 6.10 Å². The Bertz CT molecular complexity index is 710. The van der Waals surface area contributed by atoms with Crippen LogP contribution in [0.4, 0.5) is 0 Å². The normalized spacial score (nSPS) is 13.3. The number of rotatable bonds is 2. The van der Waals surface area contributed by atoms with Gasteiger partial charge in [-0.05, 0) is 31.5 Å². The Balaban J connectivity index is 2.42. The molecular weight excluding hydrogens is 222 g/mol. The Hall–Kier alpha value is -1.80. The van der Waals surface area contributed by atoms with Crippen molar-refractivity contribution < 1.29 is 5.11 Å². The van der Waals surface area contributed by atoms with Crippen molar-refractivity contribution in [3.63, 3.8) is 0 Å². The molecule has 3 rings (SSSR count). The van der Waals surface area contributed by atoms with E-state index in [4.69, 9.17) is 0 Å². The molecule has 0 fully saturated rings. The molecule has 0 spiro atoms. The van der Waals surface area contributed by atoms with Crippen LogP contribution in [-0.2, 0) is 6.54 Å². The van der Waals surface area contributed by atoms with Crippen molar-refractivity contribution in [1.82, 2.24) is 4.57 Å². The fourth-order valence-corrected chi connectivity index (χ4v) is 2.62. The Morgan fingerprint density at radius 2 is 1.78 bits per heavy atom. The Morgan fingerprint density at radius 1 is 1.06 bits per heavy atom. The number of aliphatic hydroxyl groups is 1. The first kappa shape index (κ1) is 11.3. The maximum absolute atomic E-state index is 9.69. The standard InChI is InChI=1S/C16H17NO/c1-11-7-8-14-13-5-3-4-6-15(13)17(10-12(2)18)16(14)9-11/h3-9,12,18H,10H2,1-2H3. The summed E-state index contributed by atoms with van der Waals surface area (Å²) in [6.45, 7) is 4.56. The predicted octanol–water partition coefficient (Wildman–Crippen LogP) is 3.48. The van der Waals surface area contributed by atoms with Gasteiger partial charge >= 0.3 is 0 Å². The highest BCUT2D eigenvalue weighted by molar-refractivity contribution is 6.08. The van der Waals surface area contributed by atoms with Gasteiger partial charge in [0.15, 0.2) is 0 Å². The van der Waals surface area contributed by atoms with Crippen LogP contribution in [0, 0.1) is 6.92 Å². The van der Waals surface area contributed by atoms with Crippen molar-refractivity contribution in [2.24, 2.45) is 0 Å². The zero-order chi connectivity index (χ0) is 12.7. The molecule has 2 aromatic carbocycles. The van der Waals surface area contributed by atoms with Gasteiger partial charge in [-0.1, -0.05) is 30.3 Å². The van der Waals surface area contributed by atoms with Crippen LogP contribution in [0.3, 0.4) is 0 Å². The molecule has 18 heavy (non-hydrogen) atoms. The van der Waals surface area contributed by atoms with E-state index < -0.39 is 0 Å². The number of fused-ring (bicyclic) bond motifs is 3. The molecule has 0 saturated carbocycles. The average Bonchev–Trinajstić information content (AvgIpc) is 2.63. The van der Waals surface area contributed by atoms with Crippen LogP contribution in [0.1, 0.15) is 12.5 Å². The lowest BCUT2D eigenvalue weighted by Crippen LogP contribution is -2.11. The van der Waals surface area contributed by atoms with E-state index in [0.29, 0.717) is 6.54 Å². The van der Waals surface area contributed by atoms with Crippen molar-refractivity contribution in [3.8, 4) is 0 Å². The second kappa shape index (κ2) is 4.14. The van der Waals surface area contributed by atoms with Gasteiger partial charge in [-0.3, -0.25) is 0 Å². The Labute approximate surface area is 106 Å². The van der Waals surface area contributed by atoms with Crippen LogP contribution < -0.4 is 0 Å². The third kappa shape index (κ3) is 1.70. The lowest BCUT2D eigenvalue weighted by molar-refractivity contribution is 0.176. The van der Waals surface area contributed by atoms with E-state index in [1.165, 1.54) is 27.4 Å². The van der Waals surface area contributed by atoms with Gasteiger partial charge in [-0.25, -0.2) is 0 Å². The van der Waals surface area contributed by atoms with Crippen molar-refractivity contribution in [2.75, 3.05) is 0 Å². The number of aryl methyl sites for hydroxylation is 1. The summed E-state index contributed by atoms with van der Waals surface area (Å²) < 4.78 is 2.21. The smallest absolute Gasteiger partial charge is 0.0691 e. The van der Waals surface area contributed by atoms with Gasteiger partial charge in [-0.2, -0.15) is 0 Å². The molecule has 0 aliphatic heterocycles. The highest BCUT2D eigenvalue weighted by Gasteiger charge is 2.11. The number of hydrogen-bond acceptors (Lipinski definition) is 1. The van der Waals surface area contributed by atoms with E-state index in [9.17, 15) is 5.11 Å². The van der Waals surface area contributed by atoms with Crippen LogP contribution >= 0.6 is 0 Å². The number of para-hydroxylation sites is 1. The summed E-state index contributed by atoms with van der Waals surface area (Å²) in [4.78, 5) is 0. The van der Waals surface area contributed by atoms with Gasteiger partial charge in [0.1, 0.15) is 0 Å². The monoisotopic (exact) mass is 239 g/mol. The van der Waals surface area contributed by atoms with Crippen LogP contribution in [0.5, 0.6) is 0 Å². The number of nitrogens with zero attached hydrogens (tertiary/aromatic N) is 1. The van der Waals surface area contributed by atoms with Gasteiger partial charge in [0, 0.05) is 28.4 Å². The second-order valence-corrected chi connectivity index (χ2v) is 5.00. The van der Waals surface area contributed by atoms with Crippen molar-refractivity contribution >= 4 is 21.8 Å². The molecule has 0 bridgehead atoms. The van der Waals surface area contributed by atoms with Crippen LogP contribution in [0.15, 0.2) is 42.5 Å². The fraction of sp³-hybridized carbons (Fsp3) is 0.250. The molecule has 92 valence electrons. The van der Waals surface area contributed by atoms with Crippen molar-refractivity contribution in [3.05, 3.63) is 48.0 Å². The average molecular weight is 239 g/mol. The molecule has 0 aliphatic rings. The zero-order valence-corrected chi connectivity index (χ0v) is 10.7. The molecule has 1 aromatic heterocycles. The Kier molecular flexibility index (Phi) is 2.60. The summed E-state index contributed by atoms with van der Waals surface area (Å²) in [5.41, 5.74) is 3.65. The molecule has 0 saturated heterocycles. The lowest BCUT2D eigenvalue weighted by atomic mass is 10.1. The maximum Gasteiger partial charge on any atom is 0.0691 e. The quantitative estimate of drug-likeness (QED) is 0.727. The first-order valence-corrected chi connectivity index (χ1v) is 6.32. The zero-order valence-electron chi connectivity index (χ0n) is 10.7. The van der Waals surface area contributed by atoms with E-state index in [0.717, 1.165) is 0 Å². The van der Waals surface area contributed by atoms with Crippen LogP contribution in [0.25, 0.3) is 21.8 Å². The molecule has 2 nitrogen and oxygen atoms in total. The maximum atomic E-state index is 9.69. The molecule has 0 radical (unpaired) electrons. The topological polar surface area (TPSA) is 25.2 Å². The number of benzene rings is 2. The van der Waals surface area contributed by atoms with E-state index in [-0.39, 0.29) is 6.10 Å². The van der Waals surface area contributed by atoms with E-state index in [2.05, 4.69) is 47.9 Å². The predicted molar refractivity (Wildman–Crippen MR) is 75.9 cm³/mol. The SMILES string of the molecule is Cc1ccc2c3ccccc3n(CC(C)O)c2c1. The van der Waals surface area contributed by atoms with Crippen LogP contribution in [0.2, 0.25) is 0 Å². The van der Waals surface area contributed by atoms with Crippen molar-refractivity contribution in [2.45, 2.75) is 26.5 Å². The molecule has 0 aliphatic carbocycles. The highest BCUT2D eigenvalue weighted by atomic mass is 16.3. The molecule has 1 unspecified atom stereocenters. The summed E-state index contributed by atoms with van der Waals surface area (Å²) >= 11 is 0. The fourth-order valence-electron chi connectivity index (χ4n) is 2.62. The second-order valence-electron chi connectivity index (χ2n) is 5.00. The summed E-state index contributed by atoms with van der Waals surface area (Å²) in [5.74, 6) is 0. The number of aliphatic hydroxyl groups excluding tert-OH is 1. The third-order valence-electron chi connectivity index (χ3n) is 3.38. The number of aromatic nitrogens is 1. The largest absolute Gasteiger partial charge is 0.392 e. The van der Waals surface area contributed by atoms with E-state index in [1.807, 2.05) is 13.0 Å². The minimum atomic E-state index is -0.343. The molecule has 3 aromatic rings. The van der Waals surface area contributed by atoms with Crippen molar-refractivity contribution in [1.29, 1.82) is 0 Å². The van der Waals surface area contributed by atoms with Gasteiger partial charge in [0.25, 0.3) is 0 Å². The summed E-state index contributed by atoms with van der Waals surface area (Å²) in [5, 5.41) is 12.2. The van der Waals surface area contributed by atoms with Crippen LogP contribution in [-0.4, -0.2) is 15.8 Å². The van der Waals surface area contributed by atoms with Gasteiger partial charge in [-0.15, -0.1) is 0 Å². The summed E-state index contributed by atoms with van der Waals surface area (Å²) in [6.07, 6.45) is -0.343. The van der Waals surface area contributed by atoms with Gasteiger partial charge in [0.2, 0.25) is 0 Å². The highest BCUT2D eigenvalue weighted by Crippen LogP contribution is 2.29. The molecule has 1 N–H and O–H groups in total. The number of hydrogen-bond donors (Lipinski definition) is 1. The molecule has 1 atom stereocenters. The first-order chi connectivity index (χ1) is 8.66. The Morgan fingerprint density at radius 3 is 2.56 bits per heavy atom.